The first-order valence-electron chi connectivity index (χ1n) is 5.76. The van der Waals surface area contributed by atoms with E-state index in [4.69, 9.17) is 5.11 Å². The van der Waals surface area contributed by atoms with E-state index in [1.165, 1.54) is 30.3 Å². The maximum absolute atomic E-state index is 13.3. The molecule has 0 aliphatic heterocycles. The van der Waals surface area contributed by atoms with Gasteiger partial charge in [0.05, 0.1) is 5.75 Å². The molecule has 0 saturated heterocycles. The molecule has 4 nitrogen and oxygen atoms in total. The molecule has 0 aromatic heterocycles. The van der Waals surface area contributed by atoms with Gasteiger partial charge in [0.15, 0.2) is 9.84 Å². The molecule has 1 unspecified atom stereocenters. The van der Waals surface area contributed by atoms with Gasteiger partial charge < -0.3 is 5.11 Å². The fraction of sp³-hybridized carbons (Fsp3) is 0.308. The minimum absolute atomic E-state index is 0.0372. The third-order valence-corrected chi connectivity index (χ3v) is 5.25. The van der Waals surface area contributed by atoms with Crippen LogP contribution in [-0.2, 0) is 21.1 Å². The Morgan fingerprint density at radius 2 is 1.76 bits per heavy atom. The lowest BCUT2D eigenvalue weighted by molar-refractivity contribution is -0.184. The average Bonchev–Trinajstić information content (AvgIpc) is 2.34. The van der Waals surface area contributed by atoms with Crippen molar-refractivity contribution in [3.63, 3.8) is 0 Å². The van der Waals surface area contributed by atoms with Crippen LogP contribution in [0.15, 0.2) is 43.0 Å². The van der Waals surface area contributed by atoms with Gasteiger partial charge in [-0.25, -0.2) is 8.42 Å². The van der Waals surface area contributed by atoms with Crippen LogP contribution in [0.5, 0.6) is 0 Å². The van der Waals surface area contributed by atoms with Crippen LogP contribution in [0.3, 0.4) is 0 Å². The summed E-state index contributed by atoms with van der Waals surface area (Å²) in [6.07, 6.45) is -5.91. The van der Waals surface area contributed by atoms with Crippen LogP contribution in [0.1, 0.15) is 5.56 Å². The molecule has 0 amide bonds. The third-order valence-electron chi connectivity index (χ3n) is 2.97. The third kappa shape index (κ3) is 3.10. The fourth-order valence-corrected chi connectivity index (χ4v) is 3.50. The van der Waals surface area contributed by atoms with Crippen molar-refractivity contribution in [2.45, 2.75) is 17.3 Å². The van der Waals surface area contributed by atoms with E-state index in [9.17, 15) is 26.4 Å². The van der Waals surface area contributed by atoms with Crippen molar-refractivity contribution < 1.29 is 31.5 Å². The Balaban J connectivity index is 3.55. The van der Waals surface area contributed by atoms with Gasteiger partial charge >= 0.3 is 12.1 Å². The van der Waals surface area contributed by atoms with Crippen LogP contribution in [0, 0.1) is 0 Å². The predicted octanol–water partition coefficient (Wildman–Crippen LogP) is 2.22. The number of hydrogen-bond donors (Lipinski definition) is 1. The largest absolute Gasteiger partial charge is 0.480 e. The smallest absolute Gasteiger partial charge is 0.419 e. The van der Waals surface area contributed by atoms with Crippen molar-refractivity contribution in [2.75, 3.05) is 5.75 Å². The highest BCUT2D eigenvalue weighted by Crippen LogP contribution is 2.40. The minimum Gasteiger partial charge on any atom is -0.480 e. The normalized spacial score (nSPS) is 15.2. The highest BCUT2D eigenvalue weighted by molar-refractivity contribution is 7.93. The zero-order valence-electron chi connectivity index (χ0n) is 10.8. The topological polar surface area (TPSA) is 71.4 Å². The molecule has 1 atom stereocenters. The van der Waals surface area contributed by atoms with Crippen molar-refractivity contribution in [3.8, 4) is 0 Å². The summed E-state index contributed by atoms with van der Waals surface area (Å²) in [4.78, 5) is 11.3. The number of rotatable bonds is 6. The molecule has 0 fully saturated rings. The summed E-state index contributed by atoms with van der Waals surface area (Å²) >= 11 is 0. The molecule has 0 aliphatic carbocycles. The number of carboxylic acids is 1. The van der Waals surface area contributed by atoms with Crippen LogP contribution >= 0.6 is 0 Å². The van der Waals surface area contributed by atoms with E-state index in [1.54, 1.807) is 0 Å². The predicted molar refractivity (Wildman–Crippen MR) is 70.6 cm³/mol. The van der Waals surface area contributed by atoms with E-state index in [0.717, 1.165) is 6.08 Å². The number of aliphatic carboxylic acids is 1. The van der Waals surface area contributed by atoms with Gasteiger partial charge in [-0.05, 0) is 5.56 Å². The van der Waals surface area contributed by atoms with Crippen molar-refractivity contribution >= 4 is 15.8 Å². The molecule has 0 heterocycles. The fourth-order valence-electron chi connectivity index (χ4n) is 1.90. The molecule has 1 rings (SSSR count). The Kier molecular flexibility index (Phi) is 4.83. The van der Waals surface area contributed by atoms with Crippen LogP contribution in [0.25, 0.3) is 0 Å². The second kappa shape index (κ2) is 5.88. The number of hydrogen-bond acceptors (Lipinski definition) is 3. The number of alkyl halides is 3. The van der Waals surface area contributed by atoms with Gasteiger partial charge in [-0.15, -0.1) is 6.58 Å². The Bertz CT molecular complexity index is 623. The Labute approximate surface area is 119 Å². The average molecular weight is 322 g/mol. The zero-order chi connectivity index (χ0) is 16.3. The van der Waals surface area contributed by atoms with Crippen molar-refractivity contribution in [2.24, 2.45) is 0 Å². The van der Waals surface area contributed by atoms with E-state index >= 15 is 0 Å². The lowest BCUT2D eigenvalue weighted by Gasteiger charge is -2.31. The molecule has 1 N–H and O–H groups in total. The molecular weight excluding hydrogens is 309 g/mol. The van der Waals surface area contributed by atoms with Crippen LogP contribution in [-0.4, -0.2) is 36.2 Å². The van der Waals surface area contributed by atoms with E-state index in [-0.39, 0.29) is 5.56 Å². The van der Waals surface area contributed by atoms with E-state index in [2.05, 4.69) is 6.58 Å². The van der Waals surface area contributed by atoms with E-state index in [1.807, 2.05) is 0 Å². The summed E-state index contributed by atoms with van der Waals surface area (Å²) in [5.74, 6) is -3.52. The summed E-state index contributed by atoms with van der Waals surface area (Å²) < 4.78 is 60.1. The number of benzene rings is 1. The zero-order valence-corrected chi connectivity index (χ0v) is 11.6. The molecule has 1 aromatic rings. The number of carboxylic acid groups (broad SMARTS) is 1. The monoisotopic (exact) mass is 322 g/mol. The minimum atomic E-state index is -5.46. The number of halogens is 3. The molecule has 21 heavy (non-hydrogen) atoms. The van der Waals surface area contributed by atoms with Gasteiger partial charge in [0.25, 0.3) is 4.75 Å². The summed E-state index contributed by atoms with van der Waals surface area (Å²) in [5, 5.41) is 9.05. The van der Waals surface area contributed by atoms with Crippen LogP contribution in [0.2, 0.25) is 0 Å². The molecule has 0 bridgehead atoms. The van der Waals surface area contributed by atoms with Gasteiger partial charge in [0, 0.05) is 6.42 Å². The lowest BCUT2D eigenvalue weighted by Crippen LogP contribution is -2.60. The Morgan fingerprint density at radius 1 is 1.24 bits per heavy atom. The lowest BCUT2D eigenvalue weighted by atomic mass is 9.98. The molecule has 1 aromatic carbocycles. The SMILES string of the molecule is C=CCS(=O)(=O)C(Cc1ccccc1)(C(=O)O)C(F)(F)F. The quantitative estimate of drug-likeness (QED) is 0.815. The standard InChI is InChI=1S/C13H13F3O4S/c1-2-8-21(19,20)12(11(17)18,13(14,15)16)9-10-6-4-3-5-7-10/h2-7H,1,8-9H2,(H,17,18). The van der Waals surface area contributed by atoms with Crippen molar-refractivity contribution in [3.05, 3.63) is 48.6 Å². The molecule has 0 spiro atoms. The number of sulfone groups is 1. The summed E-state index contributed by atoms with van der Waals surface area (Å²) in [6.45, 7) is 3.07. The molecule has 0 saturated carbocycles. The van der Waals surface area contributed by atoms with Gasteiger partial charge in [-0.2, -0.15) is 13.2 Å². The summed E-state index contributed by atoms with van der Waals surface area (Å²) in [6, 6.07) is 6.81. The molecule has 0 aliphatic rings. The van der Waals surface area contributed by atoms with Gasteiger partial charge in [0.1, 0.15) is 0 Å². The van der Waals surface area contributed by atoms with Crippen molar-refractivity contribution in [1.29, 1.82) is 0 Å². The van der Waals surface area contributed by atoms with Crippen LogP contribution in [0.4, 0.5) is 13.2 Å². The number of carbonyl (C=O) groups is 1. The molecular formula is C13H13F3O4S. The van der Waals surface area contributed by atoms with Crippen molar-refractivity contribution in [1.82, 2.24) is 0 Å². The summed E-state index contributed by atoms with van der Waals surface area (Å²) in [5.41, 5.74) is -0.0372. The molecule has 0 radical (unpaired) electrons. The first kappa shape index (κ1) is 17.2. The van der Waals surface area contributed by atoms with Crippen LogP contribution < -0.4 is 0 Å². The molecule has 116 valence electrons. The maximum atomic E-state index is 13.3. The van der Waals surface area contributed by atoms with Gasteiger partial charge in [0.2, 0.25) is 0 Å². The Hall–Kier alpha value is -1.83. The molecule has 8 heteroatoms. The second-order valence-corrected chi connectivity index (χ2v) is 6.62. The Morgan fingerprint density at radius 3 is 2.14 bits per heavy atom. The first-order valence-corrected chi connectivity index (χ1v) is 7.41. The first-order chi connectivity index (χ1) is 9.58. The second-order valence-electron chi connectivity index (χ2n) is 4.36. The van der Waals surface area contributed by atoms with Gasteiger partial charge in [-0.1, -0.05) is 36.4 Å². The summed E-state index contributed by atoms with van der Waals surface area (Å²) in [7, 11) is -5.03. The van der Waals surface area contributed by atoms with Gasteiger partial charge in [-0.3, -0.25) is 4.79 Å². The maximum Gasteiger partial charge on any atom is 0.419 e. The van der Waals surface area contributed by atoms with E-state index in [0.29, 0.717) is 0 Å². The van der Waals surface area contributed by atoms with E-state index < -0.39 is 38.9 Å². The highest BCUT2D eigenvalue weighted by Gasteiger charge is 2.68. The highest BCUT2D eigenvalue weighted by atomic mass is 32.2.